The zero-order valence-corrected chi connectivity index (χ0v) is 5.26. The SMILES string of the molecule is [CH2]OC1=CCC(=C)C=C1. The van der Waals surface area contributed by atoms with Crippen molar-refractivity contribution in [1.82, 2.24) is 0 Å². The summed E-state index contributed by atoms with van der Waals surface area (Å²) in [4.78, 5) is 0. The quantitative estimate of drug-likeness (QED) is 0.516. The highest BCUT2D eigenvalue weighted by molar-refractivity contribution is 5.30. The molecular formula is C8H9O. The highest BCUT2D eigenvalue weighted by atomic mass is 16.5. The Kier molecular flexibility index (Phi) is 1.73. The highest BCUT2D eigenvalue weighted by Crippen LogP contribution is 2.13. The van der Waals surface area contributed by atoms with E-state index in [9.17, 15) is 0 Å². The lowest BCUT2D eigenvalue weighted by molar-refractivity contribution is 0.357. The number of hydrogen-bond acceptors (Lipinski definition) is 1. The van der Waals surface area contributed by atoms with Crippen molar-refractivity contribution in [2.75, 3.05) is 0 Å². The molecule has 1 nitrogen and oxygen atoms in total. The molecule has 1 rings (SSSR count). The predicted octanol–water partition coefficient (Wildman–Crippen LogP) is 2.19. The fourth-order valence-electron chi connectivity index (χ4n) is 0.675. The molecule has 0 aromatic heterocycles. The van der Waals surface area contributed by atoms with Crippen LogP contribution in [0.4, 0.5) is 0 Å². The average Bonchev–Trinajstić information content (AvgIpc) is 1.90. The van der Waals surface area contributed by atoms with Crippen LogP contribution in [0, 0.1) is 7.11 Å². The van der Waals surface area contributed by atoms with Crippen molar-refractivity contribution >= 4 is 0 Å². The third kappa shape index (κ3) is 1.46. The van der Waals surface area contributed by atoms with Crippen LogP contribution in [0.5, 0.6) is 0 Å². The number of ether oxygens (including phenoxy) is 1. The van der Waals surface area contributed by atoms with Gasteiger partial charge < -0.3 is 4.74 Å². The van der Waals surface area contributed by atoms with Gasteiger partial charge >= 0.3 is 0 Å². The standard InChI is InChI=1S/C8H9O/c1-7-3-5-8(9-2)6-4-7/h3,5-6H,1-2,4H2. The van der Waals surface area contributed by atoms with Gasteiger partial charge in [-0.1, -0.05) is 18.2 Å². The van der Waals surface area contributed by atoms with Gasteiger partial charge in [0.1, 0.15) is 12.9 Å². The molecule has 0 atom stereocenters. The molecule has 47 valence electrons. The minimum atomic E-state index is 0.822. The van der Waals surface area contributed by atoms with Crippen molar-refractivity contribution in [2.24, 2.45) is 0 Å². The normalized spacial score (nSPS) is 17.4. The van der Waals surface area contributed by atoms with Crippen LogP contribution in [-0.4, -0.2) is 0 Å². The largest absolute Gasteiger partial charge is 0.490 e. The summed E-state index contributed by atoms with van der Waals surface area (Å²) in [7, 11) is 3.29. The molecular weight excluding hydrogens is 112 g/mol. The monoisotopic (exact) mass is 121 g/mol. The summed E-state index contributed by atoms with van der Waals surface area (Å²) in [5.41, 5.74) is 1.11. The lowest BCUT2D eigenvalue weighted by Crippen LogP contribution is -1.86. The van der Waals surface area contributed by atoms with Gasteiger partial charge in [0, 0.05) is 0 Å². The Morgan fingerprint density at radius 2 is 2.22 bits per heavy atom. The highest BCUT2D eigenvalue weighted by Gasteiger charge is 1.96. The lowest BCUT2D eigenvalue weighted by Gasteiger charge is -2.05. The summed E-state index contributed by atoms with van der Waals surface area (Å²) in [6, 6.07) is 0. The maximum atomic E-state index is 4.72. The van der Waals surface area contributed by atoms with E-state index in [2.05, 4.69) is 13.7 Å². The van der Waals surface area contributed by atoms with E-state index in [0.717, 1.165) is 17.8 Å². The molecule has 0 unspecified atom stereocenters. The van der Waals surface area contributed by atoms with E-state index in [-0.39, 0.29) is 0 Å². The third-order valence-corrected chi connectivity index (χ3v) is 1.22. The maximum absolute atomic E-state index is 4.72. The minimum Gasteiger partial charge on any atom is -0.490 e. The van der Waals surface area contributed by atoms with Crippen LogP contribution in [0.25, 0.3) is 0 Å². The van der Waals surface area contributed by atoms with Crippen molar-refractivity contribution in [1.29, 1.82) is 0 Å². The summed E-state index contributed by atoms with van der Waals surface area (Å²) >= 11 is 0. The zero-order valence-electron chi connectivity index (χ0n) is 5.26. The van der Waals surface area contributed by atoms with Gasteiger partial charge in [0.25, 0.3) is 0 Å². The van der Waals surface area contributed by atoms with Gasteiger partial charge in [0.05, 0.1) is 0 Å². The van der Waals surface area contributed by atoms with E-state index < -0.39 is 0 Å². The molecule has 0 aliphatic heterocycles. The van der Waals surface area contributed by atoms with E-state index in [1.807, 2.05) is 18.2 Å². The van der Waals surface area contributed by atoms with Gasteiger partial charge in [-0.3, -0.25) is 0 Å². The fourth-order valence-corrected chi connectivity index (χ4v) is 0.675. The second kappa shape index (κ2) is 2.53. The molecule has 1 aliphatic rings. The van der Waals surface area contributed by atoms with Crippen molar-refractivity contribution < 1.29 is 4.74 Å². The zero-order chi connectivity index (χ0) is 6.69. The van der Waals surface area contributed by atoms with Crippen molar-refractivity contribution in [2.45, 2.75) is 6.42 Å². The second-order valence-corrected chi connectivity index (χ2v) is 1.95. The van der Waals surface area contributed by atoms with E-state index in [1.165, 1.54) is 0 Å². The first-order valence-electron chi connectivity index (χ1n) is 2.81. The summed E-state index contributed by atoms with van der Waals surface area (Å²) in [6.07, 6.45) is 6.62. The first kappa shape index (κ1) is 6.14. The first-order valence-corrected chi connectivity index (χ1v) is 2.81. The molecule has 0 aromatic rings. The van der Waals surface area contributed by atoms with Crippen molar-refractivity contribution in [3.63, 3.8) is 0 Å². The van der Waals surface area contributed by atoms with E-state index in [4.69, 9.17) is 4.74 Å². The van der Waals surface area contributed by atoms with E-state index in [1.54, 1.807) is 0 Å². The molecule has 0 bridgehead atoms. The smallest absolute Gasteiger partial charge is 0.122 e. The number of hydrogen-bond donors (Lipinski definition) is 0. The molecule has 0 N–H and O–H groups in total. The number of rotatable bonds is 1. The van der Waals surface area contributed by atoms with Crippen LogP contribution in [0.1, 0.15) is 6.42 Å². The first-order chi connectivity index (χ1) is 4.33. The Balaban J connectivity index is 2.63. The van der Waals surface area contributed by atoms with Gasteiger partial charge in [0.2, 0.25) is 0 Å². The number of allylic oxidation sites excluding steroid dienone is 4. The molecule has 9 heavy (non-hydrogen) atoms. The van der Waals surface area contributed by atoms with Crippen LogP contribution in [-0.2, 0) is 4.74 Å². The summed E-state index contributed by atoms with van der Waals surface area (Å²) in [6.45, 7) is 3.78. The average molecular weight is 121 g/mol. The second-order valence-electron chi connectivity index (χ2n) is 1.95. The summed E-state index contributed by atoms with van der Waals surface area (Å²) in [5.74, 6) is 0.822. The van der Waals surface area contributed by atoms with Gasteiger partial charge in [-0.2, -0.15) is 0 Å². The van der Waals surface area contributed by atoms with Crippen LogP contribution >= 0.6 is 0 Å². The molecule has 0 amide bonds. The van der Waals surface area contributed by atoms with Crippen LogP contribution in [0.3, 0.4) is 0 Å². The molecule has 0 spiro atoms. The Morgan fingerprint density at radius 1 is 1.44 bits per heavy atom. The van der Waals surface area contributed by atoms with Crippen molar-refractivity contribution in [3.05, 3.63) is 43.2 Å². The molecule has 1 heteroatoms. The topological polar surface area (TPSA) is 9.23 Å². The molecule has 0 saturated carbocycles. The van der Waals surface area contributed by atoms with Crippen LogP contribution < -0.4 is 0 Å². The Morgan fingerprint density at radius 3 is 2.67 bits per heavy atom. The van der Waals surface area contributed by atoms with Crippen molar-refractivity contribution in [3.8, 4) is 0 Å². The molecule has 1 aliphatic carbocycles. The molecule has 0 heterocycles. The lowest BCUT2D eigenvalue weighted by atomic mass is 10.1. The molecule has 0 fully saturated rings. The molecule has 0 saturated heterocycles. The van der Waals surface area contributed by atoms with Crippen LogP contribution in [0.2, 0.25) is 0 Å². The van der Waals surface area contributed by atoms with Gasteiger partial charge in [0.15, 0.2) is 0 Å². The molecule has 0 aromatic carbocycles. The predicted molar refractivity (Wildman–Crippen MR) is 37.4 cm³/mol. The van der Waals surface area contributed by atoms with Gasteiger partial charge in [-0.25, -0.2) is 0 Å². The Bertz CT molecular complexity index is 175. The van der Waals surface area contributed by atoms with E-state index in [0.29, 0.717) is 0 Å². The molecule has 1 radical (unpaired) electrons. The minimum absolute atomic E-state index is 0.822. The van der Waals surface area contributed by atoms with E-state index >= 15 is 0 Å². The van der Waals surface area contributed by atoms with Gasteiger partial charge in [-0.05, 0) is 18.6 Å². The van der Waals surface area contributed by atoms with Gasteiger partial charge in [-0.15, -0.1) is 0 Å². The fraction of sp³-hybridized carbons (Fsp3) is 0.125. The summed E-state index contributed by atoms with van der Waals surface area (Å²) in [5, 5.41) is 0. The Hall–Kier alpha value is -0.980. The Labute approximate surface area is 55.3 Å². The van der Waals surface area contributed by atoms with Crippen LogP contribution in [0.15, 0.2) is 36.1 Å². The summed E-state index contributed by atoms with van der Waals surface area (Å²) < 4.78 is 4.72. The third-order valence-electron chi connectivity index (χ3n) is 1.22. The maximum Gasteiger partial charge on any atom is 0.122 e.